The first-order chi connectivity index (χ1) is 10.3. The number of nitrogens with zero attached hydrogens (tertiary/aromatic N) is 1. The van der Waals surface area contributed by atoms with Gasteiger partial charge in [-0.2, -0.15) is 5.26 Å². The van der Waals surface area contributed by atoms with E-state index in [2.05, 4.69) is 11.4 Å². The third-order valence-corrected chi connectivity index (χ3v) is 3.21. The second-order valence-corrected chi connectivity index (χ2v) is 4.56. The number of methoxy groups -OCH3 is 2. The van der Waals surface area contributed by atoms with Gasteiger partial charge in [0.25, 0.3) is 0 Å². The summed E-state index contributed by atoms with van der Waals surface area (Å²) >= 11 is 0. The minimum atomic E-state index is 0.435. The molecule has 0 saturated heterocycles. The molecule has 4 nitrogen and oxygen atoms in total. The van der Waals surface area contributed by atoms with Gasteiger partial charge in [0, 0.05) is 17.8 Å². The number of ether oxygens (including phenoxy) is 2. The van der Waals surface area contributed by atoms with E-state index in [1.807, 2.05) is 42.5 Å². The zero-order valence-corrected chi connectivity index (χ0v) is 12.2. The SMILES string of the molecule is COc1ccc(OC)c(CNc2ccc(CC#N)cc2)c1. The summed E-state index contributed by atoms with van der Waals surface area (Å²) in [7, 11) is 3.30. The molecule has 0 amide bonds. The van der Waals surface area contributed by atoms with Gasteiger partial charge < -0.3 is 14.8 Å². The Morgan fingerprint density at radius 2 is 1.81 bits per heavy atom. The summed E-state index contributed by atoms with van der Waals surface area (Å²) in [6.07, 6.45) is 0.435. The molecule has 21 heavy (non-hydrogen) atoms. The quantitative estimate of drug-likeness (QED) is 0.882. The molecular formula is C17H18N2O2. The van der Waals surface area contributed by atoms with Crippen molar-refractivity contribution in [1.82, 2.24) is 0 Å². The summed E-state index contributed by atoms with van der Waals surface area (Å²) in [6.45, 7) is 0.637. The van der Waals surface area contributed by atoms with Crippen molar-refractivity contribution >= 4 is 5.69 Å². The van der Waals surface area contributed by atoms with Crippen molar-refractivity contribution in [3.63, 3.8) is 0 Å². The van der Waals surface area contributed by atoms with E-state index < -0.39 is 0 Å². The molecule has 2 rings (SSSR count). The Hall–Kier alpha value is -2.67. The van der Waals surface area contributed by atoms with Crippen molar-refractivity contribution in [3.8, 4) is 17.6 Å². The summed E-state index contributed by atoms with van der Waals surface area (Å²) in [5, 5.41) is 12.0. The van der Waals surface area contributed by atoms with Crippen LogP contribution in [-0.2, 0) is 13.0 Å². The van der Waals surface area contributed by atoms with Gasteiger partial charge in [0.15, 0.2) is 0 Å². The molecule has 0 heterocycles. The summed E-state index contributed by atoms with van der Waals surface area (Å²) in [6, 6.07) is 15.7. The van der Waals surface area contributed by atoms with E-state index in [1.54, 1.807) is 14.2 Å². The second-order valence-electron chi connectivity index (χ2n) is 4.56. The van der Waals surface area contributed by atoms with Crippen molar-refractivity contribution in [2.24, 2.45) is 0 Å². The fraction of sp³-hybridized carbons (Fsp3) is 0.235. The van der Waals surface area contributed by atoms with Crippen LogP contribution in [0.1, 0.15) is 11.1 Å². The Labute approximate surface area is 124 Å². The smallest absolute Gasteiger partial charge is 0.124 e. The van der Waals surface area contributed by atoms with Gasteiger partial charge >= 0.3 is 0 Å². The van der Waals surface area contributed by atoms with E-state index in [-0.39, 0.29) is 0 Å². The van der Waals surface area contributed by atoms with Crippen molar-refractivity contribution < 1.29 is 9.47 Å². The first-order valence-corrected chi connectivity index (χ1v) is 6.67. The monoisotopic (exact) mass is 282 g/mol. The van der Waals surface area contributed by atoms with Crippen LogP contribution in [0.2, 0.25) is 0 Å². The number of hydrogen-bond acceptors (Lipinski definition) is 4. The van der Waals surface area contributed by atoms with Crippen molar-refractivity contribution in [2.45, 2.75) is 13.0 Å². The predicted molar refractivity (Wildman–Crippen MR) is 82.6 cm³/mol. The molecule has 0 unspecified atom stereocenters. The van der Waals surface area contributed by atoms with Crippen LogP contribution in [0, 0.1) is 11.3 Å². The fourth-order valence-corrected chi connectivity index (χ4v) is 2.05. The molecule has 4 heteroatoms. The predicted octanol–water partition coefficient (Wildman–Crippen LogP) is 3.38. The zero-order chi connectivity index (χ0) is 15.1. The summed E-state index contributed by atoms with van der Waals surface area (Å²) in [5.74, 6) is 1.63. The average Bonchev–Trinajstić information content (AvgIpc) is 2.54. The average molecular weight is 282 g/mol. The third kappa shape index (κ3) is 3.90. The maximum Gasteiger partial charge on any atom is 0.124 e. The van der Waals surface area contributed by atoms with E-state index >= 15 is 0 Å². The Bertz CT molecular complexity index is 630. The molecule has 0 aliphatic rings. The highest BCUT2D eigenvalue weighted by Gasteiger charge is 2.05. The summed E-state index contributed by atoms with van der Waals surface area (Å²) in [4.78, 5) is 0. The normalized spacial score (nSPS) is 9.76. The first-order valence-electron chi connectivity index (χ1n) is 6.67. The highest BCUT2D eigenvalue weighted by atomic mass is 16.5. The number of rotatable bonds is 6. The Morgan fingerprint density at radius 1 is 1.05 bits per heavy atom. The van der Waals surface area contributed by atoms with Crippen LogP contribution in [0.4, 0.5) is 5.69 Å². The maximum atomic E-state index is 8.66. The molecule has 0 aliphatic heterocycles. The van der Waals surface area contributed by atoms with Crippen LogP contribution in [0.5, 0.6) is 11.5 Å². The number of hydrogen-bond donors (Lipinski definition) is 1. The molecule has 2 aromatic carbocycles. The van der Waals surface area contributed by atoms with Crippen LogP contribution >= 0.6 is 0 Å². The zero-order valence-electron chi connectivity index (χ0n) is 12.2. The van der Waals surface area contributed by atoms with Crippen LogP contribution in [-0.4, -0.2) is 14.2 Å². The largest absolute Gasteiger partial charge is 0.497 e. The van der Waals surface area contributed by atoms with Gasteiger partial charge in [-0.15, -0.1) is 0 Å². The van der Waals surface area contributed by atoms with Crippen LogP contribution < -0.4 is 14.8 Å². The van der Waals surface area contributed by atoms with Crippen LogP contribution in [0.15, 0.2) is 42.5 Å². The van der Waals surface area contributed by atoms with Gasteiger partial charge in [0.2, 0.25) is 0 Å². The lowest BCUT2D eigenvalue weighted by Crippen LogP contribution is -2.02. The Morgan fingerprint density at radius 3 is 2.43 bits per heavy atom. The molecule has 0 aliphatic carbocycles. The molecule has 2 aromatic rings. The van der Waals surface area contributed by atoms with Crippen molar-refractivity contribution in [1.29, 1.82) is 5.26 Å². The second kappa shape index (κ2) is 7.20. The van der Waals surface area contributed by atoms with Gasteiger partial charge in [0.1, 0.15) is 11.5 Å². The molecule has 108 valence electrons. The third-order valence-electron chi connectivity index (χ3n) is 3.21. The molecule has 0 fully saturated rings. The summed E-state index contributed by atoms with van der Waals surface area (Å²) in [5.41, 5.74) is 3.04. The highest BCUT2D eigenvalue weighted by molar-refractivity contribution is 5.48. The van der Waals surface area contributed by atoms with Crippen LogP contribution in [0.25, 0.3) is 0 Å². The molecule has 0 atom stereocenters. The molecule has 1 N–H and O–H groups in total. The van der Waals surface area contributed by atoms with Gasteiger partial charge in [0.05, 0.1) is 26.7 Å². The fourth-order valence-electron chi connectivity index (χ4n) is 2.05. The van der Waals surface area contributed by atoms with Crippen molar-refractivity contribution in [2.75, 3.05) is 19.5 Å². The maximum absolute atomic E-state index is 8.66. The molecular weight excluding hydrogens is 264 g/mol. The minimum absolute atomic E-state index is 0.435. The standard InChI is InChI=1S/C17H18N2O2/c1-20-16-7-8-17(21-2)14(11-16)12-19-15-5-3-13(4-6-15)9-10-18/h3-8,11,19H,9,12H2,1-2H3. The first kappa shape index (κ1) is 14.7. The van der Waals surface area contributed by atoms with E-state index in [4.69, 9.17) is 14.7 Å². The van der Waals surface area contributed by atoms with Gasteiger partial charge in [-0.3, -0.25) is 0 Å². The molecule has 0 bridgehead atoms. The Kier molecular flexibility index (Phi) is 5.05. The number of nitrogens with one attached hydrogen (secondary N) is 1. The lowest BCUT2D eigenvalue weighted by Gasteiger charge is -2.12. The van der Waals surface area contributed by atoms with E-state index in [0.29, 0.717) is 13.0 Å². The Balaban J connectivity index is 2.06. The molecule has 0 spiro atoms. The number of benzene rings is 2. The lowest BCUT2D eigenvalue weighted by atomic mass is 10.1. The number of nitriles is 1. The summed E-state index contributed by atoms with van der Waals surface area (Å²) < 4.78 is 10.6. The number of anilines is 1. The molecule has 0 radical (unpaired) electrons. The molecule has 0 aromatic heterocycles. The van der Waals surface area contributed by atoms with Gasteiger partial charge in [-0.05, 0) is 35.9 Å². The van der Waals surface area contributed by atoms with E-state index in [0.717, 1.165) is 28.3 Å². The topological polar surface area (TPSA) is 54.3 Å². The highest BCUT2D eigenvalue weighted by Crippen LogP contribution is 2.24. The van der Waals surface area contributed by atoms with E-state index in [9.17, 15) is 0 Å². The van der Waals surface area contributed by atoms with Gasteiger partial charge in [-0.1, -0.05) is 12.1 Å². The molecule has 0 saturated carbocycles. The van der Waals surface area contributed by atoms with Crippen molar-refractivity contribution in [3.05, 3.63) is 53.6 Å². The van der Waals surface area contributed by atoms with E-state index in [1.165, 1.54) is 0 Å². The minimum Gasteiger partial charge on any atom is -0.497 e. The van der Waals surface area contributed by atoms with Crippen LogP contribution in [0.3, 0.4) is 0 Å². The van der Waals surface area contributed by atoms with Gasteiger partial charge in [-0.25, -0.2) is 0 Å². The lowest BCUT2D eigenvalue weighted by molar-refractivity contribution is 0.399.